The molecule has 114 valence electrons. The van der Waals surface area contributed by atoms with Gasteiger partial charge in [-0.25, -0.2) is 0 Å². The van der Waals surface area contributed by atoms with E-state index in [1.54, 1.807) is 0 Å². The Morgan fingerprint density at radius 1 is 1.15 bits per heavy atom. The molecule has 0 radical (unpaired) electrons. The highest BCUT2D eigenvalue weighted by atomic mass is 16.5. The van der Waals surface area contributed by atoms with Gasteiger partial charge in [0.05, 0.1) is 6.10 Å². The fraction of sp³-hybridized carbons (Fsp3) is 0.684. The van der Waals surface area contributed by atoms with E-state index in [2.05, 4.69) is 39.5 Å². The first-order valence-corrected chi connectivity index (χ1v) is 8.15. The first-order chi connectivity index (χ1) is 9.63. The zero-order valence-electron chi connectivity index (χ0n) is 13.9. The van der Waals surface area contributed by atoms with Crippen LogP contribution in [-0.2, 0) is 4.74 Å². The molecule has 1 nitrogen and oxygen atoms in total. The minimum absolute atomic E-state index is 0.214. The van der Waals surface area contributed by atoms with E-state index in [1.807, 2.05) is 7.11 Å². The summed E-state index contributed by atoms with van der Waals surface area (Å²) in [5.74, 6) is 0.820. The molecular formula is C19H32O. The van der Waals surface area contributed by atoms with Crippen LogP contribution in [0.25, 0.3) is 0 Å². The van der Waals surface area contributed by atoms with E-state index >= 15 is 0 Å². The fourth-order valence-corrected chi connectivity index (χ4v) is 3.43. The van der Waals surface area contributed by atoms with Gasteiger partial charge < -0.3 is 4.74 Å². The summed E-state index contributed by atoms with van der Waals surface area (Å²) in [4.78, 5) is 0. The summed E-state index contributed by atoms with van der Waals surface area (Å²) in [5.41, 5.74) is 3.70. The third kappa shape index (κ3) is 4.94. The summed E-state index contributed by atoms with van der Waals surface area (Å²) < 4.78 is 5.83. The van der Waals surface area contributed by atoms with E-state index in [-0.39, 0.29) is 6.10 Å². The van der Waals surface area contributed by atoms with Crippen molar-refractivity contribution < 1.29 is 4.74 Å². The molecule has 0 saturated heterocycles. The zero-order valence-corrected chi connectivity index (χ0v) is 13.9. The third-order valence-electron chi connectivity index (χ3n) is 4.52. The Balaban J connectivity index is 2.79. The monoisotopic (exact) mass is 276 g/mol. The van der Waals surface area contributed by atoms with Gasteiger partial charge in [0.15, 0.2) is 0 Å². The van der Waals surface area contributed by atoms with Crippen molar-refractivity contribution in [3.63, 3.8) is 0 Å². The maximum atomic E-state index is 5.83. The van der Waals surface area contributed by atoms with Crippen LogP contribution in [0.1, 0.15) is 65.7 Å². The van der Waals surface area contributed by atoms with E-state index in [9.17, 15) is 0 Å². The smallest absolute Gasteiger partial charge is 0.0826 e. The quantitative estimate of drug-likeness (QED) is 0.438. The highest BCUT2D eigenvalue weighted by Crippen LogP contribution is 2.32. The molecule has 0 bridgehead atoms. The molecule has 0 heterocycles. The summed E-state index contributed by atoms with van der Waals surface area (Å²) in [6, 6.07) is 0. The largest absolute Gasteiger partial charge is 0.377 e. The Morgan fingerprint density at radius 3 is 2.15 bits per heavy atom. The molecule has 1 fully saturated rings. The van der Waals surface area contributed by atoms with Gasteiger partial charge in [0.2, 0.25) is 0 Å². The van der Waals surface area contributed by atoms with Crippen molar-refractivity contribution in [3.8, 4) is 0 Å². The average molecular weight is 276 g/mol. The van der Waals surface area contributed by atoms with Gasteiger partial charge in [0.1, 0.15) is 0 Å². The van der Waals surface area contributed by atoms with Crippen molar-refractivity contribution in [1.82, 2.24) is 0 Å². The van der Waals surface area contributed by atoms with E-state index in [4.69, 9.17) is 4.74 Å². The molecule has 0 spiro atoms. The first kappa shape index (κ1) is 17.2. The van der Waals surface area contributed by atoms with Gasteiger partial charge in [-0.1, -0.05) is 62.8 Å². The van der Waals surface area contributed by atoms with E-state index in [0.29, 0.717) is 0 Å². The summed E-state index contributed by atoms with van der Waals surface area (Å²) in [7, 11) is 1.84. The molecule has 1 atom stereocenters. The Bertz CT molecular complexity index is 354. The Kier molecular flexibility index (Phi) is 7.91. The normalized spacial score (nSPS) is 20.6. The number of ether oxygens (including phenoxy) is 1. The van der Waals surface area contributed by atoms with Gasteiger partial charge in [-0.3, -0.25) is 0 Å². The number of allylic oxidation sites excluding steroid dienone is 3. The van der Waals surface area contributed by atoms with Crippen LogP contribution in [0.2, 0.25) is 0 Å². The second kappa shape index (κ2) is 9.18. The average Bonchev–Trinajstić information content (AvgIpc) is 2.70. The SMILES string of the molecule is C=C(C)C(=CC)C(=CC)C(CC1CCCCCC1)OC. The van der Waals surface area contributed by atoms with Crippen LogP contribution in [0.5, 0.6) is 0 Å². The molecule has 0 N–H and O–H groups in total. The molecule has 1 aliphatic rings. The van der Waals surface area contributed by atoms with Crippen molar-refractivity contribution in [1.29, 1.82) is 0 Å². The van der Waals surface area contributed by atoms with E-state index in [1.165, 1.54) is 49.7 Å². The molecule has 1 aliphatic carbocycles. The van der Waals surface area contributed by atoms with Crippen molar-refractivity contribution in [2.45, 2.75) is 71.8 Å². The summed E-state index contributed by atoms with van der Waals surface area (Å²) >= 11 is 0. The van der Waals surface area contributed by atoms with Gasteiger partial charge in [0, 0.05) is 7.11 Å². The topological polar surface area (TPSA) is 9.23 Å². The lowest BCUT2D eigenvalue weighted by atomic mass is 9.86. The molecule has 1 saturated carbocycles. The predicted octanol–water partition coefficient (Wildman–Crippen LogP) is 5.83. The second-order valence-electron chi connectivity index (χ2n) is 6.04. The van der Waals surface area contributed by atoms with Crippen LogP contribution < -0.4 is 0 Å². The first-order valence-electron chi connectivity index (χ1n) is 8.15. The van der Waals surface area contributed by atoms with Gasteiger partial charge in [-0.05, 0) is 44.3 Å². The van der Waals surface area contributed by atoms with Crippen molar-refractivity contribution in [2.75, 3.05) is 7.11 Å². The number of hydrogen-bond acceptors (Lipinski definition) is 1. The molecule has 1 heteroatoms. The molecular weight excluding hydrogens is 244 g/mol. The second-order valence-corrected chi connectivity index (χ2v) is 6.04. The highest BCUT2D eigenvalue weighted by Gasteiger charge is 2.22. The van der Waals surface area contributed by atoms with Gasteiger partial charge in [-0.2, -0.15) is 0 Å². The van der Waals surface area contributed by atoms with Crippen LogP contribution in [0.15, 0.2) is 35.5 Å². The number of methoxy groups -OCH3 is 1. The molecule has 0 aromatic heterocycles. The van der Waals surface area contributed by atoms with Crippen LogP contribution in [0, 0.1) is 5.92 Å². The van der Waals surface area contributed by atoms with Gasteiger partial charge in [-0.15, -0.1) is 0 Å². The minimum Gasteiger partial charge on any atom is -0.377 e. The van der Waals surface area contributed by atoms with Gasteiger partial charge >= 0.3 is 0 Å². The molecule has 0 aromatic carbocycles. The molecule has 0 amide bonds. The lowest BCUT2D eigenvalue weighted by Gasteiger charge is -2.25. The molecule has 0 aromatic rings. The summed E-state index contributed by atoms with van der Waals surface area (Å²) in [5, 5.41) is 0. The Morgan fingerprint density at radius 2 is 1.75 bits per heavy atom. The van der Waals surface area contributed by atoms with Crippen molar-refractivity contribution >= 4 is 0 Å². The number of hydrogen-bond donors (Lipinski definition) is 0. The maximum Gasteiger partial charge on any atom is 0.0826 e. The Labute approximate surface area is 125 Å². The molecule has 1 unspecified atom stereocenters. The molecule has 1 rings (SSSR count). The third-order valence-corrected chi connectivity index (χ3v) is 4.52. The van der Waals surface area contributed by atoms with Gasteiger partial charge in [0.25, 0.3) is 0 Å². The minimum atomic E-state index is 0.214. The predicted molar refractivity (Wildman–Crippen MR) is 88.9 cm³/mol. The highest BCUT2D eigenvalue weighted by molar-refractivity contribution is 5.46. The zero-order chi connectivity index (χ0) is 15.0. The van der Waals surface area contributed by atoms with E-state index in [0.717, 1.165) is 17.9 Å². The molecule has 0 aliphatic heterocycles. The van der Waals surface area contributed by atoms with Crippen molar-refractivity contribution in [2.24, 2.45) is 5.92 Å². The lowest BCUT2D eigenvalue weighted by Crippen LogP contribution is -2.20. The number of rotatable bonds is 6. The van der Waals surface area contributed by atoms with Crippen LogP contribution in [-0.4, -0.2) is 13.2 Å². The Hall–Kier alpha value is -0.820. The maximum absolute atomic E-state index is 5.83. The van der Waals surface area contributed by atoms with Crippen LogP contribution >= 0.6 is 0 Å². The van der Waals surface area contributed by atoms with Crippen LogP contribution in [0.3, 0.4) is 0 Å². The summed E-state index contributed by atoms with van der Waals surface area (Å²) in [6.07, 6.45) is 14.1. The standard InChI is InChI=1S/C19H32O/c1-6-17(15(3)4)18(7-2)19(20-5)14-16-12-10-8-9-11-13-16/h6-7,16,19H,3,8-14H2,1-2,4-5H3. The van der Waals surface area contributed by atoms with E-state index < -0.39 is 0 Å². The lowest BCUT2D eigenvalue weighted by molar-refractivity contribution is 0.107. The van der Waals surface area contributed by atoms with Crippen LogP contribution in [0.4, 0.5) is 0 Å². The van der Waals surface area contributed by atoms with Crippen molar-refractivity contribution in [3.05, 3.63) is 35.5 Å². The summed E-state index contributed by atoms with van der Waals surface area (Å²) in [6.45, 7) is 10.4. The fourth-order valence-electron chi connectivity index (χ4n) is 3.43. The molecule has 20 heavy (non-hydrogen) atoms.